The predicted octanol–water partition coefficient (Wildman–Crippen LogP) is 2.11. The van der Waals surface area contributed by atoms with Gasteiger partial charge in [-0.1, -0.05) is 18.2 Å². The number of benzene rings is 2. The van der Waals surface area contributed by atoms with Gasteiger partial charge in [0.2, 0.25) is 0 Å². The van der Waals surface area contributed by atoms with Crippen molar-refractivity contribution in [3.63, 3.8) is 0 Å². The standard InChI is InChI=1S/C18H16FN3O4/c1-10(26-16(23)8-11-4-2-3-5-13(11)19)17(24)20-12-6-7-14-15(9-12)22-18(25)21-14/h2-7,9-10H,8H2,1H3,(H,20,24)(H2,21,22,25)/t10-/m1/s1. The molecule has 1 atom stereocenters. The summed E-state index contributed by atoms with van der Waals surface area (Å²) < 4.78 is 18.6. The van der Waals surface area contributed by atoms with Crippen molar-refractivity contribution in [2.24, 2.45) is 0 Å². The number of hydrogen-bond donors (Lipinski definition) is 3. The van der Waals surface area contributed by atoms with Crippen LogP contribution in [0.25, 0.3) is 11.0 Å². The van der Waals surface area contributed by atoms with E-state index in [9.17, 15) is 18.8 Å². The first-order valence-electron chi connectivity index (χ1n) is 7.88. The molecule has 2 aromatic carbocycles. The molecule has 0 aliphatic rings. The zero-order valence-corrected chi connectivity index (χ0v) is 13.8. The van der Waals surface area contributed by atoms with Crippen LogP contribution in [-0.2, 0) is 20.7 Å². The summed E-state index contributed by atoms with van der Waals surface area (Å²) >= 11 is 0. The number of fused-ring (bicyclic) bond motifs is 1. The summed E-state index contributed by atoms with van der Waals surface area (Å²) in [7, 11) is 0. The van der Waals surface area contributed by atoms with E-state index in [1.807, 2.05) is 0 Å². The quantitative estimate of drug-likeness (QED) is 0.608. The van der Waals surface area contributed by atoms with Crippen molar-refractivity contribution >= 4 is 28.6 Å². The average molecular weight is 357 g/mol. The van der Waals surface area contributed by atoms with Crippen LogP contribution in [0.5, 0.6) is 0 Å². The molecule has 26 heavy (non-hydrogen) atoms. The zero-order valence-electron chi connectivity index (χ0n) is 13.8. The number of anilines is 1. The normalized spacial score (nSPS) is 11.9. The SMILES string of the molecule is C[C@@H](OC(=O)Cc1ccccc1F)C(=O)Nc1ccc2[nH]c(=O)[nH]c2c1. The number of ether oxygens (including phenoxy) is 1. The van der Waals surface area contributed by atoms with Gasteiger partial charge >= 0.3 is 11.7 Å². The molecule has 134 valence electrons. The third kappa shape index (κ3) is 3.97. The molecular formula is C18H16FN3O4. The number of aromatic nitrogens is 2. The third-order valence-corrected chi connectivity index (χ3v) is 3.75. The summed E-state index contributed by atoms with van der Waals surface area (Å²) in [4.78, 5) is 40.5. The summed E-state index contributed by atoms with van der Waals surface area (Å²) in [5.74, 6) is -1.75. The van der Waals surface area contributed by atoms with E-state index in [1.165, 1.54) is 25.1 Å². The van der Waals surface area contributed by atoms with Crippen molar-refractivity contribution in [3.8, 4) is 0 Å². The van der Waals surface area contributed by atoms with Gasteiger partial charge in [-0.05, 0) is 36.8 Å². The van der Waals surface area contributed by atoms with E-state index in [4.69, 9.17) is 4.74 Å². The van der Waals surface area contributed by atoms with Crippen molar-refractivity contribution in [1.82, 2.24) is 9.97 Å². The number of esters is 1. The number of hydrogen-bond acceptors (Lipinski definition) is 4. The maximum absolute atomic E-state index is 13.5. The summed E-state index contributed by atoms with van der Waals surface area (Å²) in [6.07, 6.45) is -1.32. The highest BCUT2D eigenvalue weighted by atomic mass is 19.1. The highest BCUT2D eigenvalue weighted by molar-refractivity contribution is 5.96. The molecule has 0 radical (unpaired) electrons. The first-order valence-corrected chi connectivity index (χ1v) is 7.88. The fourth-order valence-electron chi connectivity index (χ4n) is 2.44. The Morgan fingerprint density at radius 3 is 2.65 bits per heavy atom. The Kier molecular flexibility index (Phi) is 4.83. The molecule has 0 aliphatic carbocycles. The summed E-state index contributed by atoms with van der Waals surface area (Å²) in [5, 5.41) is 2.60. The van der Waals surface area contributed by atoms with Crippen molar-refractivity contribution < 1.29 is 18.7 Å². The van der Waals surface area contributed by atoms with Crippen molar-refractivity contribution in [1.29, 1.82) is 0 Å². The van der Waals surface area contributed by atoms with E-state index in [2.05, 4.69) is 15.3 Å². The zero-order chi connectivity index (χ0) is 18.7. The average Bonchev–Trinajstić information content (AvgIpc) is 2.96. The van der Waals surface area contributed by atoms with E-state index in [0.717, 1.165) is 0 Å². The van der Waals surface area contributed by atoms with Gasteiger partial charge in [-0.3, -0.25) is 9.59 Å². The number of halogens is 1. The van der Waals surface area contributed by atoms with Gasteiger partial charge in [0.25, 0.3) is 5.91 Å². The molecule has 7 nitrogen and oxygen atoms in total. The van der Waals surface area contributed by atoms with Crippen LogP contribution in [0.4, 0.5) is 10.1 Å². The van der Waals surface area contributed by atoms with Gasteiger partial charge in [0.1, 0.15) is 5.82 Å². The lowest BCUT2D eigenvalue weighted by atomic mass is 10.1. The van der Waals surface area contributed by atoms with Gasteiger partial charge in [0.05, 0.1) is 17.5 Å². The number of rotatable bonds is 5. The summed E-state index contributed by atoms with van der Waals surface area (Å²) in [5.41, 5.74) is 1.44. The molecule has 0 unspecified atom stereocenters. The fourth-order valence-corrected chi connectivity index (χ4v) is 2.44. The lowest BCUT2D eigenvalue weighted by molar-refractivity contribution is -0.152. The fraction of sp³-hybridized carbons (Fsp3) is 0.167. The first-order chi connectivity index (χ1) is 12.4. The highest BCUT2D eigenvalue weighted by Crippen LogP contribution is 2.15. The second kappa shape index (κ2) is 7.22. The van der Waals surface area contributed by atoms with Gasteiger partial charge in [0, 0.05) is 5.69 Å². The van der Waals surface area contributed by atoms with Gasteiger partial charge < -0.3 is 20.0 Å². The monoisotopic (exact) mass is 357 g/mol. The van der Waals surface area contributed by atoms with E-state index in [0.29, 0.717) is 16.7 Å². The van der Waals surface area contributed by atoms with Gasteiger partial charge in [-0.25, -0.2) is 9.18 Å². The number of carbonyl (C=O) groups excluding carboxylic acids is 2. The number of imidazole rings is 1. The van der Waals surface area contributed by atoms with E-state index in [-0.39, 0.29) is 17.7 Å². The molecule has 3 aromatic rings. The second-order valence-electron chi connectivity index (χ2n) is 5.73. The molecule has 0 saturated carbocycles. The number of H-pyrrole nitrogens is 2. The third-order valence-electron chi connectivity index (χ3n) is 3.75. The molecule has 0 bridgehead atoms. The smallest absolute Gasteiger partial charge is 0.323 e. The Morgan fingerprint density at radius 1 is 1.15 bits per heavy atom. The lowest BCUT2D eigenvalue weighted by Crippen LogP contribution is -2.30. The Morgan fingerprint density at radius 2 is 1.88 bits per heavy atom. The Labute approximate surface area is 147 Å². The molecule has 3 rings (SSSR count). The minimum atomic E-state index is -1.06. The Balaban J connectivity index is 1.60. The molecule has 0 aliphatic heterocycles. The lowest BCUT2D eigenvalue weighted by Gasteiger charge is -2.14. The van der Waals surface area contributed by atoms with E-state index >= 15 is 0 Å². The number of aromatic amines is 2. The summed E-state index contributed by atoms with van der Waals surface area (Å²) in [6, 6.07) is 10.7. The van der Waals surface area contributed by atoms with Crippen LogP contribution in [0.1, 0.15) is 12.5 Å². The summed E-state index contributed by atoms with van der Waals surface area (Å²) in [6.45, 7) is 1.42. The van der Waals surface area contributed by atoms with Crippen LogP contribution >= 0.6 is 0 Å². The highest BCUT2D eigenvalue weighted by Gasteiger charge is 2.19. The van der Waals surface area contributed by atoms with Crippen molar-refractivity contribution in [2.45, 2.75) is 19.4 Å². The molecule has 1 aromatic heterocycles. The van der Waals surface area contributed by atoms with Gasteiger partial charge in [-0.15, -0.1) is 0 Å². The molecule has 1 amide bonds. The Hall–Kier alpha value is -3.42. The minimum absolute atomic E-state index is 0.201. The minimum Gasteiger partial charge on any atom is -0.452 e. The van der Waals surface area contributed by atoms with Gasteiger partial charge in [-0.2, -0.15) is 0 Å². The van der Waals surface area contributed by atoms with Crippen LogP contribution in [-0.4, -0.2) is 27.9 Å². The van der Waals surface area contributed by atoms with Crippen molar-refractivity contribution in [3.05, 3.63) is 64.3 Å². The van der Waals surface area contributed by atoms with Gasteiger partial charge in [0.15, 0.2) is 6.10 Å². The van der Waals surface area contributed by atoms with E-state index < -0.39 is 23.8 Å². The molecule has 8 heteroatoms. The number of nitrogens with one attached hydrogen (secondary N) is 3. The molecule has 1 heterocycles. The molecule has 0 spiro atoms. The first kappa shape index (κ1) is 17.4. The molecule has 0 saturated heterocycles. The van der Waals surface area contributed by atoms with Crippen LogP contribution in [0.3, 0.4) is 0 Å². The maximum Gasteiger partial charge on any atom is 0.323 e. The predicted molar refractivity (Wildman–Crippen MR) is 93.2 cm³/mol. The van der Waals surface area contributed by atoms with Crippen LogP contribution in [0.2, 0.25) is 0 Å². The topological polar surface area (TPSA) is 104 Å². The largest absolute Gasteiger partial charge is 0.452 e. The van der Waals surface area contributed by atoms with Crippen molar-refractivity contribution in [2.75, 3.05) is 5.32 Å². The maximum atomic E-state index is 13.5. The number of amides is 1. The van der Waals surface area contributed by atoms with Crippen LogP contribution in [0.15, 0.2) is 47.3 Å². The van der Waals surface area contributed by atoms with Crippen LogP contribution < -0.4 is 11.0 Å². The Bertz CT molecular complexity index is 1020. The van der Waals surface area contributed by atoms with Crippen LogP contribution in [0, 0.1) is 5.82 Å². The molecule has 3 N–H and O–H groups in total. The van der Waals surface area contributed by atoms with E-state index in [1.54, 1.807) is 24.3 Å². The second-order valence-corrected chi connectivity index (χ2v) is 5.73. The molecular weight excluding hydrogens is 341 g/mol. The number of carbonyl (C=O) groups is 2. The molecule has 0 fully saturated rings.